The molecule has 0 atom stereocenters. The summed E-state index contributed by atoms with van der Waals surface area (Å²) in [6.45, 7) is 0.224. The number of thiol groups is 1. The molecule has 0 saturated carbocycles. The first kappa shape index (κ1) is 12.5. The van der Waals surface area contributed by atoms with E-state index < -0.39 is 11.6 Å². The minimum Gasteiger partial charge on any atom is -0.485 e. The fourth-order valence-electron chi connectivity index (χ4n) is 0.941. The smallest absolute Gasteiger partial charge is 0.169 e. The van der Waals surface area contributed by atoms with Crippen LogP contribution in [0.4, 0.5) is 8.78 Å². The molecule has 0 heterocycles. The lowest BCUT2D eigenvalue weighted by molar-refractivity contribution is 0.337. The molecule has 0 amide bonds. The van der Waals surface area contributed by atoms with Crippen molar-refractivity contribution >= 4 is 28.6 Å². The van der Waals surface area contributed by atoms with Gasteiger partial charge in [-0.05, 0) is 22.0 Å². The van der Waals surface area contributed by atoms with Crippen LogP contribution in [0.15, 0.2) is 28.8 Å². The van der Waals surface area contributed by atoms with Gasteiger partial charge in [-0.25, -0.2) is 8.78 Å². The van der Waals surface area contributed by atoms with Crippen molar-refractivity contribution in [2.75, 3.05) is 12.4 Å². The molecule has 1 rings (SSSR count). The number of ether oxygens (including phenoxy) is 1. The van der Waals surface area contributed by atoms with Gasteiger partial charge in [0.15, 0.2) is 11.6 Å². The Morgan fingerprint density at radius 2 is 2.07 bits per heavy atom. The van der Waals surface area contributed by atoms with E-state index in [1.165, 1.54) is 0 Å². The van der Waals surface area contributed by atoms with Crippen LogP contribution in [0.5, 0.6) is 5.75 Å². The third-order valence-corrected chi connectivity index (χ3v) is 2.36. The molecular weight excluding hydrogens is 286 g/mol. The second kappa shape index (κ2) is 6.12. The number of hydrogen-bond donors (Lipinski definition) is 1. The summed E-state index contributed by atoms with van der Waals surface area (Å²) in [7, 11) is 0. The molecule has 1 aromatic carbocycles. The summed E-state index contributed by atoms with van der Waals surface area (Å²) in [5, 5.41) is 0. The first-order valence-electron chi connectivity index (χ1n) is 4.18. The molecule has 0 saturated heterocycles. The molecule has 82 valence electrons. The Morgan fingerprint density at radius 3 is 2.67 bits per heavy atom. The Balaban J connectivity index is 2.72. The maximum Gasteiger partial charge on any atom is 0.169 e. The largest absolute Gasteiger partial charge is 0.485 e. The summed E-state index contributed by atoms with van der Waals surface area (Å²) < 4.78 is 31.3. The Hall–Kier alpha value is -0.550. The molecule has 0 radical (unpaired) electrons. The zero-order valence-electron chi connectivity index (χ0n) is 7.71. The highest BCUT2D eigenvalue weighted by atomic mass is 79.9. The van der Waals surface area contributed by atoms with Gasteiger partial charge < -0.3 is 4.74 Å². The SMILES string of the molecule is Fc1cc(F)c(OC/C=C/CS)c(Br)c1. The van der Waals surface area contributed by atoms with E-state index in [1.54, 1.807) is 12.2 Å². The van der Waals surface area contributed by atoms with Gasteiger partial charge in [-0.1, -0.05) is 12.2 Å². The monoisotopic (exact) mass is 294 g/mol. The lowest BCUT2D eigenvalue weighted by Gasteiger charge is -2.06. The molecule has 0 N–H and O–H groups in total. The van der Waals surface area contributed by atoms with Crippen LogP contribution in [0.1, 0.15) is 0 Å². The van der Waals surface area contributed by atoms with E-state index in [4.69, 9.17) is 4.74 Å². The fourth-order valence-corrected chi connectivity index (χ4v) is 1.61. The Morgan fingerprint density at radius 1 is 1.33 bits per heavy atom. The van der Waals surface area contributed by atoms with Gasteiger partial charge in [0.25, 0.3) is 0 Å². The summed E-state index contributed by atoms with van der Waals surface area (Å²) in [6, 6.07) is 1.93. The van der Waals surface area contributed by atoms with Crippen molar-refractivity contribution in [1.29, 1.82) is 0 Å². The van der Waals surface area contributed by atoms with Crippen molar-refractivity contribution in [2.45, 2.75) is 0 Å². The van der Waals surface area contributed by atoms with Crippen molar-refractivity contribution in [3.05, 3.63) is 40.4 Å². The van der Waals surface area contributed by atoms with Gasteiger partial charge in [0.1, 0.15) is 12.4 Å². The van der Waals surface area contributed by atoms with E-state index in [0.29, 0.717) is 5.75 Å². The summed E-state index contributed by atoms with van der Waals surface area (Å²) in [6.07, 6.45) is 3.49. The average molecular weight is 295 g/mol. The molecule has 0 spiro atoms. The molecule has 0 unspecified atom stereocenters. The van der Waals surface area contributed by atoms with Crippen LogP contribution < -0.4 is 4.74 Å². The predicted octanol–water partition coefficient (Wildman–Crippen LogP) is 3.59. The normalized spacial score (nSPS) is 10.9. The highest BCUT2D eigenvalue weighted by molar-refractivity contribution is 9.10. The van der Waals surface area contributed by atoms with Crippen molar-refractivity contribution in [3.63, 3.8) is 0 Å². The highest BCUT2D eigenvalue weighted by Gasteiger charge is 2.09. The number of rotatable bonds is 4. The molecular formula is C10H9BrF2OS. The van der Waals surface area contributed by atoms with Crippen molar-refractivity contribution in [3.8, 4) is 5.75 Å². The molecule has 0 aromatic heterocycles. The maximum absolute atomic E-state index is 13.2. The van der Waals surface area contributed by atoms with Crippen LogP contribution in [-0.4, -0.2) is 12.4 Å². The Labute approximate surface area is 101 Å². The molecule has 0 aliphatic carbocycles. The summed E-state index contributed by atoms with van der Waals surface area (Å²) in [4.78, 5) is 0. The van der Waals surface area contributed by atoms with E-state index in [2.05, 4.69) is 28.6 Å². The molecule has 0 bridgehead atoms. The number of halogens is 3. The standard InChI is InChI=1S/C10H9BrF2OS/c11-8-5-7(12)6-9(13)10(8)14-3-1-2-4-15/h1-2,5-6,15H,3-4H2/b2-1+. The van der Waals surface area contributed by atoms with E-state index in [9.17, 15) is 8.78 Å². The van der Waals surface area contributed by atoms with Crippen molar-refractivity contribution in [2.24, 2.45) is 0 Å². The molecule has 5 heteroatoms. The molecule has 0 fully saturated rings. The van der Waals surface area contributed by atoms with Crippen LogP contribution in [0.3, 0.4) is 0 Å². The van der Waals surface area contributed by atoms with E-state index in [1.807, 2.05) is 0 Å². The summed E-state index contributed by atoms with van der Waals surface area (Å²) >= 11 is 6.98. The fraction of sp³-hybridized carbons (Fsp3) is 0.200. The first-order valence-corrected chi connectivity index (χ1v) is 5.61. The lowest BCUT2D eigenvalue weighted by atomic mass is 10.3. The second-order valence-corrected chi connectivity index (χ2v) is 3.88. The van der Waals surface area contributed by atoms with Gasteiger partial charge in [-0.15, -0.1) is 0 Å². The third kappa shape index (κ3) is 3.83. The van der Waals surface area contributed by atoms with Crippen LogP contribution in [0.2, 0.25) is 0 Å². The molecule has 15 heavy (non-hydrogen) atoms. The number of benzene rings is 1. The summed E-state index contributed by atoms with van der Waals surface area (Å²) in [5.74, 6) is -0.754. The minimum atomic E-state index is -0.721. The second-order valence-electron chi connectivity index (χ2n) is 2.66. The van der Waals surface area contributed by atoms with Gasteiger partial charge in [0.05, 0.1) is 4.47 Å². The minimum absolute atomic E-state index is 0.0141. The van der Waals surface area contributed by atoms with Crippen LogP contribution in [0, 0.1) is 11.6 Å². The summed E-state index contributed by atoms with van der Waals surface area (Å²) in [5.41, 5.74) is 0. The Bertz CT molecular complexity index is 345. The zero-order valence-corrected chi connectivity index (χ0v) is 10.2. The van der Waals surface area contributed by atoms with Crippen LogP contribution in [0.25, 0.3) is 0 Å². The van der Waals surface area contributed by atoms with Crippen LogP contribution in [-0.2, 0) is 0 Å². The molecule has 1 aromatic rings. The highest BCUT2D eigenvalue weighted by Crippen LogP contribution is 2.29. The maximum atomic E-state index is 13.2. The predicted molar refractivity (Wildman–Crippen MR) is 62.5 cm³/mol. The molecule has 1 nitrogen and oxygen atoms in total. The van der Waals surface area contributed by atoms with Crippen LogP contribution >= 0.6 is 28.6 Å². The zero-order chi connectivity index (χ0) is 11.3. The van der Waals surface area contributed by atoms with E-state index in [0.717, 1.165) is 12.1 Å². The third-order valence-electron chi connectivity index (χ3n) is 1.56. The lowest BCUT2D eigenvalue weighted by Crippen LogP contribution is -1.98. The first-order chi connectivity index (χ1) is 7.15. The molecule has 0 aliphatic rings. The van der Waals surface area contributed by atoms with Crippen molar-refractivity contribution < 1.29 is 13.5 Å². The van der Waals surface area contributed by atoms with Gasteiger partial charge in [-0.2, -0.15) is 12.6 Å². The molecule has 0 aliphatic heterocycles. The van der Waals surface area contributed by atoms with Gasteiger partial charge >= 0.3 is 0 Å². The number of hydrogen-bond acceptors (Lipinski definition) is 2. The van der Waals surface area contributed by atoms with E-state index >= 15 is 0 Å². The van der Waals surface area contributed by atoms with Crippen molar-refractivity contribution in [1.82, 2.24) is 0 Å². The topological polar surface area (TPSA) is 9.23 Å². The van der Waals surface area contributed by atoms with Gasteiger partial charge in [0.2, 0.25) is 0 Å². The Kier molecular flexibility index (Phi) is 5.11. The van der Waals surface area contributed by atoms with Gasteiger partial charge in [0, 0.05) is 11.8 Å². The van der Waals surface area contributed by atoms with E-state index in [-0.39, 0.29) is 16.8 Å². The quantitative estimate of drug-likeness (QED) is 0.659. The average Bonchev–Trinajstić information content (AvgIpc) is 2.15. The van der Waals surface area contributed by atoms with Gasteiger partial charge in [-0.3, -0.25) is 0 Å².